The third-order valence-corrected chi connectivity index (χ3v) is 4.36. The molecule has 0 fully saturated rings. The maximum absolute atomic E-state index is 12.9. The van der Waals surface area contributed by atoms with Gasteiger partial charge in [0.1, 0.15) is 0 Å². The molecule has 132 valence electrons. The van der Waals surface area contributed by atoms with E-state index in [9.17, 15) is 4.79 Å². The number of rotatable bonds is 11. The van der Waals surface area contributed by atoms with Crippen LogP contribution in [0, 0.1) is 0 Å². The van der Waals surface area contributed by atoms with Gasteiger partial charge in [0.05, 0.1) is 12.0 Å². The number of ether oxygens (including phenoxy) is 1. The molecule has 23 heavy (non-hydrogen) atoms. The first-order valence-electron chi connectivity index (χ1n) is 8.94. The van der Waals surface area contributed by atoms with E-state index in [-0.39, 0.29) is 12.1 Å². The number of esters is 1. The molecule has 0 saturated carbocycles. The first kappa shape index (κ1) is 21.6. The van der Waals surface area contributed by atoms with Gasteiger partial charge in [-0.3, -0.25) is 4.79 Å². The second-order valence-electron chi connectivity index (χ2n) is 6.14. The SMILES string of the molecule is CCCCOC(=O)C(CCCC)(CCCC)c1ccccc1.N. The Kier molecular flexibility index (Phi) is 11.4. The molecule has 1 aromatic carbocycles. The van der Waals surface area contributed by atoms with Gasteiger partial charge in [-0.25, -0.2) is 0 Å². The third-order valence-electron chi connectivity index (χ3n) is 4.36. The Morgan fingerprint density at radius 3 is 1.91 bits per heavy atom. The summed E-state index contributed by atoms with van der Waals surface area (Å²) in [5.41, 5.74) is 0.666. The van der Waals surface area contributed by atoms with Gasteiger partial charge in [-0.05, 0) is 24.8 Å². The number of hydrogen-bond donors (Lipinski definition) is 1. The van der Waals surface area contributed by atoms with Crippen molar-refractivity contribution < 1.29 is 9.53 Å². The van der Waals surface area contributed by atoms with E-state index >= 15 is 0 Å². The topological polar surface area (TPSA) is 61.3 Å². The van der Waals surface area contributed by atoms with Crippen LogP contribution in [0.25, 0.3) is 0 Å². The molecule has 0 aliphatic carbocycles. The number of hydrogen-bond acceptors (Lipinski definition) is 3. The van der Waals surface area contributed by atoms with Gasteiger partial charge in [-0.1, -0.05) is 83.2 Å². The summed E-state index contributed by atoms with van der Waals surface area (Å²) in [7, 11) is 0. The molecular formula is C20H35NO2. The fourth-order valence-electron chi connectivity index (χ4n) is 2.90. The van der Waals surface area contributed by atoms with Gasteiger partial charge in [0.25, 0.3) is 0 Å². The predicted molar refractivity (Wildman–Crippen MR) is 98.1 cm³/mol. The van der Waals surface area contributed by atoms with Gasteiger partial charge in [-0.15, -0.1) is 0 Å². The lowest BCUT2D eigenvalue weighted by Gasteiger charge is -2.32. The van der Waals surface area contributed by atoms with E-state index in [1.807, 2.05) is 18.2 Å². The van der Waals surface area contributed by atoms with E-state index in [2.05, 4.69) is 32.9 Å². The average Bonchev–Trinajstić information content (AvgIpc) is 2.56. The van der Waals surface area contributed by atoms with Crippen LogP contribution in [0.3, 0.4) is 0 Å². The summed E-state index contributed by atoms with van der Waals surface area (Å²) in [6.45, 7) is 7.02. The summed E-state index contributed by atoms with van der Waals surface area (Å²) >= 11 is 0. The molecule has 0 aliphatic rings. The van der Waals surface area contributed by atoms with Gasteiger partial charge in [-0.2, -0.15) is 0 Å². The zero-order valence-corrected chi connectivity index (χ0v) is 15.3. The Labute approximate surface area is 142 Å². The molecule has 0 radical (unpaired) electrons. The molecule has 0 amide bonds. The molecule has 0 aromatic heterocycles. The Hall–Kier alpha value is -1.35. The minimum atomic E-state index is -0.457. The Morgan fingerprint density at radius 2 is 1.43 bits per heavy atom. The number of carbonyl (C=O) groups excluding carboxylic acids is 1. The highest BCUT2D eigenvalue weighted by molar-refractivity contribution is 5.83. The molecule has 3 nitrogen and oxygen atoms in total. The van der Waals surface area contributed by atoms with Crippen molar-refractivity contribution in [3.05, 3.63) is 35.9 Å². The van der Waals surface area contributed by atoms with Crippen molar-refractivity contribution in [2.24, 2.45) is 0 Å². The van der Waals surface area contributed by atoms with E-state index in [0.717, 1.165) is 56.9 Å². The first-order chi connectivity index (χ1) is 10.7. The number of carbonyl (C=O) groups is 1. The summed E-state index contributed by atoms with van der Waals surface area (Å²) in [5, 5.41) is 0. The molecule has 1 aromatic rings. The zero-order chi connectivity index (χ0) is 16.3. The minimum Gasteiger partial charge on any atom is -0.465 e. The van der Waals surface area contributed by atoms with Crippen LogP contribution in [-0.2, 0) is 14.9 Å². The highest BCUT2D eigenvalue weighted by atomic mass is 16.5. The smallest absolute Gasteiger partial charge is 0.316 e. The molecule has 0 atom stereocenters. The molecule has 0 aliphatic heterocycles. The lowest BCUT2D eigenvalue weighted by Crippen LogP contribution is -2.38. The quantitative estimate of drug-likeness (QED) is 0.413. The van der Waals surface area contributed by atoms with Crippen molar-refractivity contribution in [3.8, 4) is 0 Å². The van der Waals surface area contributed by atoms with E-state index in [4.69, 9.17) is 4.74 Å². The Morgan fingerprint density at radius 1 is 0.913 bits per heavy atom. The van der Waals surface area contributed by atoms with Crippen molar-refractivity contribution in [3.63, 3.8) is 0 Å². The van der Waals surface area contributed by atoms with Gasteiger partial charge >= 0.3 is 5.97 Å². The standard InChI is InChI=1S/C20H32O2.H3N/c1-4-7-15-20(16-8-5-2,18-13-11-10-12-14-18)19(21)22-17-9-6-3;/h10-14H,4-9,15-17H2,1-3H3;1H3. The maximum atomic E-state index is 12.9. The second-order valence-corrected chi connectivity index (χ2v) is 6.14. The van der Waals surface area contributed by atoms with E-state index in [0.29, 0.717) is 6.61 Å². The third kappa shape index (κ3) is 6.34. The summed E-state index contributed by atoms with van der Waals surface area (Å²) in [6.07, 6.45) is 8.08. The molecule has 0 bridgehead atoms. The van der Waals surface area contributed by atoms with Crippen molar-refractivity contribution in [1.29, 1.82) is 0 Å². The highest BCUT2D eigenvalue weighted by Crippen LogP contribution is 2.37. The molecule has 3 N–H and O–H groups in total. The molecule has 1 rings (SSSR count). The first-order valence-corrected chi connectivity index (χ1v) is 8.94. The van der Waals surface area contributed by atoms with Gasteiger partial charge in [0.15, 0.2) is 0 Å². The number of unbranched alkanes of at least 4 members (excludes halogenated alkanes) is 3. The molecule has 3 heteroatoms. The van der Waals surface area contributed by atoms with Gasteiger partial charge in [0, 0.05) is 0 Å². The summed E-state index contributed by atoms with van der Waals surface area (Å²) in [5.74, 6) is -0.0194. The Bertz CT molecular complexity index is 409. The van der Waals surface area contributed by atoms with Crippen molar-refractivity contribution in [2.75, 3.05) is 6.61 Å². The molecule has 0 heterocycles. The average molecular weight is 322 g/mol. The number of benzene rings is 1. The summed E-state index contributed by atoms with van der Waals surface area (Å²) in [4.78, 5) is 12.9. The van der Waals surface area contributed by atoms with E-state index in [1.165, 1.54) is 0 Å². The van der Waals surface area contributed by atoms with Crippen molar-refractivity contribution in [1.82, 2.24) is 6.15 Å². The summed E-state index contributed by atoms with van der Waals surface area (Å²) < 4.78 is 5.66. The maximum Gasteiger partial charge on any atom is 0.316 e. The van der Waals surface area contributed by atoms with E-state index < -0.39 is 5.41 Å². The van der Waals surface area contributed by atoms with Crippen LogP contribution in [0.5, 0.6) is 0 Å². The lowest BCUT2D eigenvalue weighted by atomic mass is 9.72. The zero-order valence-electron chi connectivity index (χ0n) is 15.3. The van der Waals surface area contributed by atoms with Crippen LogP contribution in [0.2, 0.25) is 0 Å². The van der Waals surface area contributed by atoms with Crippen LogP contribution < -0.4 is 6.15 Å². The van der Waals surface area contributed by atoms with Crippen LogP contribution in [0.4, 0.5) is 0 Å². The fourth-order valence-corrected chi connectivity index (χ4v) is 2.90. The van der Waals surface area contributed by atoms with Gasteiger partial charge in [0.2, 0.25) is 0 Å². The lowest BCUT2D eigenvalue weighted by molar-refractivity contribution is -0.151. The second kappa shape index (κ2) is 12.1. The van der Waals surface area contributed by atoms with E-state index in [1.54, 1.807) is 0 Å². The summed E-state index contributed by atoms with van der Waals surface area (Å²) in [6, 6.07) is 10.2. The Balaban J connectivity index is 0.00000484. The van der Waals surface area contributed by atoms with Crippen molar-refractivity contribution in [2.45, 2.75) is 77.6 Å². The molecule has 0 saturated heterocycles. The predicted octanol–water partition coefficient (Wildman–Crippen LogP) is 5.81. The van der Waals surface area contributed by atoms with Crippen LogP contribution in [0.1, 0.15) is 77.7 Å². The molecule has 0 unspecified atom stereocenters. The monoisotopic (exact) mass is 321 g/mol. The van der Waals surface area contributed by atoms with Crippen LogP contribution >= 0.6 is 0 Å². The minimum absolute atomic E-state index is 0. The highest BCUT2D eigenvalue weighted by Gasteiger charge is 2.40. The largest absolute Gasteiger partial charge is 0.465 e. The molecule has 0 spiro atoms. The molecular weight excluding hydrogens is 286 g/mol. The van der Waals surface area contributed by atoms with Crippen LogP contribution in [-0.4, -0.2) is 12.6 Å². The fraction of sp³-hybridized carbons (Fsp3) is 0.650. The van der Waals surface area contributed by atoms with Crippen LogP contribution in [0.15, 0.2) is 30.3 Å². The van der Waals surface area contributed by atoms with Crippen molar-refractivity contribution >= 4 is 5.97 Å². The normalized spacial score (nSPS) is 10.9. The van der Waals surface area contributed by atoms with Gasteiger partial charge < -0.3 is 10.9 Å².